The van der Waals surface area contributed by atoms with Crippen molar-refractivity contribution in [2.45, 2.75) is 78.2 Å². The summed E-state index contributed by atoms with van der Waals surface area (Å²) in [5, 5.41) is 3.31. The first-order valence-electron chi connectivity index (χ1n) is 12.5. The van der Waals surface area contributed by atoms with Crippen LogP contribution in [0.2, 0.25) is 0 Å². The van der Waals surface area contributed by atoms with Gasteiger partial charge in [-0.25, -0.2) is 4.79 Å². The largest absolute Gasteiger partial charge is 0.329 e. The summed E-state index contributed by atoms with van der Waals surface area (Å²) in [6.07, 6.45) is 9.73. The molecule has 1 aliphatic heterocycles. The number of hydrogen-bond donors (Lipinski definition) is 1. The fourth-order valence-corrected chi connectivity index (χ4v) is 7.75. The first-order valence-corrected chi connectivity index (χ1v) is 12.5. The zero-order chi connectivity index (χ0) is 22.7. The molecule has 0 spiro atoms. The van der Waals surface area contributed by atoms with Gasteiger partial charge in [0.15, 0.2) is 5.78 Å². The van der Waals surface area contributed by atoms with E-state index in [2.05, 4.69) is 45.1 Å². The van der Waals surface area contributed by atoms with Crippen LogP contribution in [0.3, 0.4) is 0 Å². The molecule has 4 heteroatoms. The summed E-state index contributed by atoms with van der Waals surface area (Å²) in [6.45, 7) is 9.68. The standard InChI is InChI=1S/C28H38N2O2/c1-26(2,19-9-6-5-7-10-19)29-25(32)30-18-21-22-11-8-14-27(22,3)15-13-23(21)28(4)16-12-20(31)17-24(28)30/h5-7,9-10,17,21-23H,8,11-16,18H2,1-4H3,(H,29,32)/t21-,22-,23-,27-,28+/m0/s1. The molecule has 4 aliphatic rings. The Morgan fingerprint density at radius 1 is 1.06 bits per heavy atom. The van der Waals surface area contributed by atoms with Crippen molar-refractivity contribution in [1.29, 1.82) is 0 Å². The highest BCUT2D eigenvalue weighted by Gasteiger charge is 2.59. The Morgan fingerprint density at radius 2 is 1.81 bits per heavy atom. The summed E-state index contributed by atoms with van der Waals surface area (Å²) < 4.78 is 0. The third kappa shape index (κ3) is 3.33. The maximum absolute atomic E-state index is 13.8. The molecule has 3 aliphatic carbocycles. The Labute approximate surface area is 192 Å². The molecule has 0 radical (unpaired) electrons. The minimum absolute atomic E-state index is 0.0604. The molecule has 1 heterocycles. The molecule has 32 heavy (non-hydrogen) atoms. The summed E-state index contributed by atoms with van der Waals surface area (Å²) >= 11 is 0. The number of nitrogens with one attached hydrogen (secondary N) is 1. The zero-order valence-corrected chi connectivity index (χ0v) is 20.1. The van der Waals surface area contributed by atoms with Gasteiger partial charge in [-0.1, -0.05) is 50.6 Å². The molecule has 1 aromatic carbocycles. The lowest BCUT2D eigenvalue weighted by atomic mass is 9.50. The number of hydrogen-bond acceptors (Lipinski definition) is 2. The summed E-state index contributed by atoms with van der Waals surface area (Å²) in [6, 6.07) is 10.1. The van der Waals surface area contributed by atoms with Crippen LogP contribution in [-0.2, 0) is 10.3 Å². The number of nitrogens with zero attached hydrogens (tertiary/aromatic N) is 1. The Kier molecular flexibility index (Phi) is 5.07. The van der Waals surface area contributed by atoms with Crippen LogP contribution >= 0.6 is 0 Å². The average Bonchev–Trinajstić information content (AvgIpc) is 3.16. The second-order valence-electron chi connectivity index (χ2n) is 11.9. The first-order chi connectivity index (χ1) is 15.1. The fraction of sp³-hybridized carbons (Fsp3) is 0.643. The van der Waals surface area contributed by atoms with E-state index in [9.17, 15) is 9.59 Å². The van der Waals surface area contributed by atoms with Gasteiger partial charge in [-0.3, -0.25) is 9.69 Å². The molecule has 2 amide bonds. The van der Waals surface area contributed by atoms with Crippen molar-refractivity contribution in [2.75, 3.05) is 6.54 Å². The van der Waals surface area contributed by atoms with Crippen molar-refractivity contribution in [1.82, 2.24) is 10.2 Å². The zero-order valence-electron chi connectivity index (χ0n) is 20.1. The van der Waals surface area contributed by atoms with Gasteiger partial charge in [0.1, 0.15) is 0 Å². The lowest BCUT2D eigenvalue weighted by molar-refractivity contribution is -0.118. The quantitative estimate of drug-likeness (QED) is 0.617. The number of piperidine rings is 1. The van der Waals surface area contributed by atoms with E-state index in [1.807, 2.05) is 23.1 Å². The minimum Gasteiger partial charge on any atom is -0.329 e. The SMILES string of the molecule is CC(C)(NC(=O)N1C[C@H]2[C@@H]3CCC[C@@]3(C)CC[C@@H]2[C@@]2(C)CCC(=O)C=C12)c1ccccc1. The lowest BCUT2D eigenvalue weighted by Crippen LogP contribution is -2.61. The monoisotopic (exact) mass is 434 g/mol. The Morgan fingerprint density at radius 3 is 2.56 bits per heavy atom. The van der Waals surface area contributed by atoms with Crippen LogP contribution in [0.1, 0.15) is 78.2 Å². The summed E-state index contributed by atoms with van der Waals surface area (Å²) in [7, 11) is 0. The molecule has 5 atom stereocenters. The van der Waals surface area contributed by atoms with E-state index in [0.717, 1.165) is 24.2 Å². The lowest BCUT2D eigenvalue weighted by Gasteiger charge is -2.59. The van der Waals surface area contributed by atoms with E-state index in [1.165, 1.54) is 32.1 Å². The predicted molar refractivity (Wildman–Crippen MR) is 127 cm³/mol. The highest BCUT2D eigenvalue weighted by molar-refractivity contribution is 5.93. The molecule has 5 rings (SSSR count). The van der Waals surface area contributed by atoms with Gasteiger partial charge in [-0.05, 0) is 74.7 Å². The second kappa shape index (κ2) is 7.46. The molecule has 172 valence electrons. The maximum atomic E-state index is 13.8. The molecule has 4 nitrogen and oxygen atoms in total. The highest BCUT2D eigenvalue weighted by atomic mass is 16.2. The van der Waals surface area contributed by atoms with Gasteiger partial charge >= 0.3 is 6.03 Å². The fourth-order valence-electron chi connectivity index (χ4n) is 7.75. The van der Waals surface area contributed by atoms with E-state index in [4.69, 9.17) is 0 Å². The van der Waals surface area contributed by atoms with Crippen LogP contribution in [0.4, 0.5) is 4.79 Å². The topological polar surface area (TPSA) is 49.4 Å². The normalized spacial score (nSPS) is 36.6. The molecular formula is C28H38N2O2. The number of likely N-dealkylation sites (tertiary alicyclic amines) is 1. The van der Waals surface area contributed by atoms with Crippen molar-refractivity contribution in [3.63, 3.8) is 0 Å². The van der Waals surface area contributed by atoms with Crippen molar-refractivity contribution in [3.05, 3.63) is 47.7 Å². The maximum Gasteiger partial charge on any atom is 0.322 e. The number of carbonyl (C=O) groups excluding carboxylic acids is 2. The summed E-state index contributed by atoms with van der Waals surface area (Å²) in [5.41, 5.74) is 1.90. The van der Waals surface area contributed by atoms with Gasteiger partial charge in [0.05, 0.1) is 5.54 Å². The van der Waals surface area contributed by atoms with Crippen LogP contribution in [0.5, 0.6) is 0 Å². The molecule has 2 saturated carbocycles. The molecule has 0 unspecified atom stereocenters. The van der Waals surface area contributed by atoms with Crippen LogP contribution in [-0.4, -0.2) is 23.3 Å². The number of fused-ring (bicyclic) bond motifs is 5. The third-order valence-electron chi connectivity index (χ3n) is 9.65. The average molecular weight is 435 g/mol. The number of ketones is 1. The van der Waals surface area contributed by atoms with Crippen LogP contribution < -0.4 is 5.32 Å². The second-order valence-corrected chi connectivity index (χ2v) is 11.9. The van der Waals surface area contributed by atoms with Crippen LogP contribution in [0.15, 0.2) is 42.1 Å². The van der Waals surface area contributed by atoms with Crippen molar-refractivity contribution >= 4 is 11.8 Å². The van der Waals surface area contributed by atoms with Gasteiger partial charge in [-0.15, -0.1) is 0 Å². The van der Waals surface area contributed by atoms with Crippen molar-refractivity contribution in [2.24, 2.45) is 28.6 Å². The van der Waals surface area contributed by atoms with E-state index in [0.29, 0.717) is 29.6 Å². The van der Waals surface area contributed by atoms with E-state index >= 15 is 0 Å². The predicted octanol–water partition coefficient (Wildman–Crippen LogP) is 6.03. The summed E-state index contributed by atoms with van der Waals surface area (Å²) in [5.74, 6) is 1.95. The number of amides is 2. The van der Waals surface area contributed by atoms with Crippen molar-refractivity contribution < 1.29 is 9.59 Å². The van der Waals surface area contributed by atoms with E-state index in [-0.39, 0.29) is 17.2 Å². The molecular weight excluding hydrogens is 396 g/mol. The molecule has 1 aromatic rings. The van der Waals surface area contributed by atoms with Crippen LogP contribution in [0, 0.1) is 28.6 Å². The third-order valence-corrected chi connectivity index (χ3v) is 9.65. The number of benzene rings is 1. The Bertz CT molecular complexity index is 951. The van der Waals surface area contributed by atoms with Gasteiger partial charge in [0, 0.05) is 30.2 Å². The van der Waals surface area contributed by atoms with E-state index in [1.54, 1.807) is 6.08 Å². The Hall–Kier alpha value is -2.10. The van der Waals surface area contributed by atoms with Crippen molar-refractivity contribution in [3.8, 4) is 0 Å². The number of carbonyl (C=O) groups is 2. The number of urea groups is 1. The first kappa shape index (κ1) is 21.7. The Balaban J connectivity index is 1.49. The van der Waals surface area contributed by atoms with Gasteiger partial charge < -0.3 is 5.32 Å². The summed E-state index contributed by atoms with van der Waals surface area (Å²) in [4.78, 5) is 28.3. The van der Waals surface area contributed by atoms with E-state index < -0.39 is 5.54 Å². The van der Waals surface area contributed by atoms with Crippen LogP contribution in [0.25, 0.3) is 0 Å². The number of rotatable bonds is 2. The molecule has 1 saturated heterocycles. The van der Waals surface area contributed by atoms with Gasteiger partial charge in [0.2, 0.25) is 0 Å². The highest BCUT2D eigenvalue weighted by Crippen LogP contribution is 2.63. The minimum atomic E-state index is -0.487. The molecule has 0 bridgehead atoms. The van der Waals surface area contributed by atoms with Gasteiger partial charge in [0.25, 0.3) is 0 Å². The molecule has 1 N–H and O–H groups in total. The smallest absolute Gasteiger partial charge is 0.322 e. The number of allylic oxidation sites excluding steroid dienone is 2. The van der Waals surface area contributed by atoms with Gasteiger partial charge in [-0.2, -0.15) is 0 Å². The molecule has 3 fully saturated rings. The molecule has 0 aromatic heterocycles.